The van der Waals surface area contributed by atoms with E-state index in [0.29, 0.717) is 40.8 Å². The topological polar surface area (TPSA) is 129 Å². The number of rotatable bonds is 10. The van der Waals surface area contributed by atoms with Gasteiger partial charge in [0.15, 0.2) is 0 Å². The number of methoxy groups -OCH3 is 1. The van der Waals surface area contributed by atoms with Crippen molar-refractivity contribution in [3.8, 4) is 5.75 Å². The number of aliphatic carboxylic acids is 1. The third-order valence-corrected chi connectivity index (χ3v) is 9.79. The van der Waals surface area contributed by atoms with Gasteiger partial charge in [-0.2, -0.15) is 17.5 Å². The molecule has 1 unspecified atom stereocenters. The maximum Gasteiger partial charge on any atom is 0.490 e. The normalized spacial score (nSPS) is 15.6. The number of ether oxygens (including phenoxy) is 1. The van der Waals surface area contributed by atoms with Crippen molar-refractivity contribution >= 4 is 21.9 Å². The van der Waals surface area contributed by atoms with Gasteiger partial charge in [0, 0.05) is 26.2 Å². The predicted octanol–water partition coefficient (Wildman–Crippen LogP) is 5.66. The summed E-state index contributed by atoms with van der Waals surface area (Å²) in [5.74, 6) is -2.04. The number of nitrogens with zero attached hydrogens (tertiary/aromatic N) is 2. The van der Waals surface area contributed by atoms with E-state index in [1.165, 1.54) is 42.4 Å². The average Bonchev–Trinajstić information content (AvgIpc) is 3.45. The summed E-state index contributed by atoms with van der Waals surface area (Å²) < 4.78 is 70.3. The third-order valence-electron chi connectivity index (χ3n) is 7.68. The van der Waals surface area contributed by atoms with E-state index in [-0.39, 0.29) is 17.3 Å². The van der Waals surface area contributed by atoms with Gasteiger partial charge in [0.05, 0.1) is 24.1 Å². The number of carbonyl (C=O) groups excluding carboxylic acids is 1. The van der Waals surface area contributed by atoms with Gasteiger partial charge in [0.25, 0.3) is 5.91 Å². The Balaban J connectivity index is 0.000000738. The third kappa shape index (κ3) is 9.81. The number of likely N-dealkylation sites (tertiary alicyclic amines) is 1. The zero-order valence-corrected chi connectivity index (χ0v) is 27.3. The molecule has 0 bridgehead atoms. The van der Waals surface area contributed by atoms with Crippen LogP contribution in [0.5, 0.6) is 5.75 Å². The monoisotopic (exact) mass is 667 g/mol. The van der Waals surface area contributed by atoms with Gasteiger partial charge < -0.3 is 19.6 Å². The number of piperidine rings is 1. The molecule has 2 heterocycles. The molecule has 1 saturated heterocycles. The highest BCUT2D eigenvalue weighted by Crippen LogP contribution is 2.28. The van der Waals surface area contributed by atoms with Crippen LogP contribution in [0.1, 0.15) is 64.6 Å². The number of benzene rings is 2. The maximum absolute atomic E-state index is 13.3. The number of carbonyl (C=O) groups is 2. The first-order valence-corrected chi connectivity index (χ1v) is 16.1. The Hall–Kier alpha value is -3.88. The standard InChI is InChI=1S/C30H39N3O5S.C2HF3O2/c1-21-14-27(37-5)15-22(2)29(21)39(35,36)32(4)19-28-16-26(20-38-28)30(34)31-17-24-9-11-25(12-10-24)18-33-13-7-6-8-23(33)3;3-2(4,5)1(6)7/h9-12,14-16,20,23H,6-8,13,17-19H2,1-5H3,(H,31,34);(H,6,7). The van der Waals surface area contributed by atoms with Gasteiger partial charge in [-0.05, 0) is 80.6 Å². The Morgan fingerprint density at radius 2 is 1.67 bits per heavy atom. The highest BCUT2D eigenvalue weighted by atomic mass is 32.2. The van der Waals surface area contributed by atoms with Gasteiger partial charge >= 0.3 is 12.1 Å². The Kier molecular flexibility index (Phi) is 12.4. The Morgan fingerprint density at radius 3 is 2.22 bits per heavy atom. The molecule has 0 radical (unpaired) electrons. The quantitative estimate of drug-likeness (QED) is 0.283. The molecule has 252 valence electrons. The van der Waals surface area contributed by atoms with Crippen molar-refractivity contribution in [2.75, 3.05) is 20.7 Å². The lowest BCUT2D eigenvalue weighted by molar-refractivity contribution is -0.192. The van der Waals surface area contributed by atoms with Crippen molar-refractivity contribution in [3.05, 3.63) is 82.3 Å². The fourth-order valence-electron chi connectivity index (χ4n) is 5.15. The first-order valence-electron chi connectivity index (χ1n) is 14.6. The largest absolute Gasteiger partial charge is 0.497 e. The molecule has 46 heavy (non-hydrogen) atoms. The summed E-state index contributed by atoms with van der Waals surface area (Å²) in [5.41, 5.74) is 3.85. The van der Waals surface area contributed by atoms with Gasteiger partial charge in [0.1, 0.15) is 17.8 Å². The summed E-state index contributed by atoms with van der Waals surface area (Å²) in [6, 6.07) is 14.0. The first-order chi connectivity index (χ1) is 21.5. The number of amides is 1. The second-order valence-electron chi connectivity index (χ2n) is 11.3. The van der Waals surface area contributed by atoms with E-state index in [4.69, 9.17) is 19.1 Å². The van der Waals surface area contributed by atoms with Crippen LogP contribution in [-0.4, -0.2) is 67.5 Å². The molecule has 2 N–H and O–H groups in total. The lowest BCUT2D eigenvalue weighted by atomic mass is 10.0. The lowest BCUT2D eigenvalue weighted by Gasteiger charge is -2.33. The summed E-state index contributed by atoms with van der Waals surface area (Å²) in [7, 11) is -0.738. The molecule has 1 aromatic heterocycles. The van der Waals surface area contributed by atoms with Crippen LogP contribution >= 0.6 is 0 Å². The van der Waals surface area contributed by atoms with E-state index in [1.807, 2.05) is 12.1 Å². The van der Waals surface area contributed by atoms with Crippen LogP contribution in [0, 0.1) is 13.8 Å². The second kappa shape index (κ2) is 15.6. The minimum atomic E-state index is -5.08. The SMILES string of the molecule is COc1cc(C)c(S(=O)(=O)N(C)Cc2cc(C(=O)NCc3ccc(CN4CCCCC4C)cc3)co2)c(C)c1.O=C(O)C(F)(F)F. The molecule has 0 spiro atoms. The Morgan fingerprint density at radius 1 is 1.09 bits per heavy atom. The zero-order chi connectivity index (χ0) is 34.2. The minimum absolute atomic E-state index is 0.00236. The van der Waals surface area contributed by atoms with Crippen LogP contribution in [0.3, 0.4) is 0 Å². The van der Waals surface area contributed by atoms with Crippen molar-refractivity contribution < 1.29 is 45.4 Å². The van der Waals surface area contributed by atoms with Crippen LogP contribution in [0.25, 0.3) is 0 Å². The highest BCUT2D eigenvalue weighted by molar-refractivity contribution is 7.89. The van der Waals surface area contributed by atoms with Crippen LogP contribution in [-0.2, 0) is 34.5 Å². The van der Waals surface area contributed by atoms with Crippen molar-refractivity contribution in [2.24, 2.45) is 0 Å². The summed E-state index contributed by atoms with van der Waals surface area (Å²) in [5, 5.41) is 10.0. The Bertz CT molecular complexity index is 1580. The van der Waals surface area contributed by atoms with Gasteiger partial charge in [-0.1, -0.05) is 30.7 Å². The number of carboxylic acid groups (broad SMARTS) is 1. The van der Waals surface area contributed by atoms with Crippen molar-refractivity contribution in [1.29, 1.82) is 0 Å². The van der Waals surface area contributed by atoms with Crippen molar-refractivity contribution in [1.82, 2.24) is 14.5 Å². The number of alkyl halides is 3. The highest BCUT2D eigenvalue weighted by Gasteiger charge is 2.38. The molecule has 0 saturated carbocycles. The fraction of sp³-hybridized carbons (Fsp3) is 0.438. The van der Waals surface area contributed by atoms with Crippen molar-refractivity contribution in [2.45, 2.75) is 76.8 Å². The van der Waals surface area contributed by atoms with Crippen LogP contribution in [0.4, 0.5) is 13.2 Å². The molecule has 14 heteroatoms. The van der Waals surface area contributed by atoms with Gasteiger partial charge in [-0.3, -0.25) is 9.69 Å². The molecule has 10 nitrogen and oxygen atoms in total. The number of sulfonamides is 1. The summed E-state index contributed by atoms with van der Waals surface area (Å²) in [4.78, 5) is 24.4. The Labute approximate surface area is 267 Å². The number of carboxylic acids is 1. The fourth-order valence-corrected chi connectivity index (χ4v) is 6.69. The number of aryl methyl sites for hydroxylation is 2. The van der Waals surface area contributed by atoms with Gasteiger partial charge in [-0.15, -0.1) is 0 Å². The molecular formula is C32H40F3N3O7S. The number of halogens is 3. The van der Waals surface area contributed by atoms with E-state index < -0.39 is 22.2 Å². The van der Waals surface area contributed by atoms with Crippen LogP contribution in [0.15, 0.2) is 58.0 Å². The van der Waals surface area contributed by atoms with Crippen LogP contribution in [0.2, 0.25) is 0 Å². The summed E-state index contributed by atoms with van der Waals surface area (Å²) in [6.45, 7) is 8.27. The molecule has 1 aliphatic rings. The summed E-state index contributed by atoms with van der Waals surface area (Å²) in [6.07, 6.45) is 0.109. The van der Waals surface area contributed by atoms with Gasteiger partial charge in [-0.25, -0.2) is 13.2 Å². The number of nitrogens with one attached hydrogen (secondary N) is 1. The van der Waals surface area contributed by atoms with Crippen molar-refractivity contribution in [3.63, 3.8) is 0 Å². The van der Waals surface area contributed by atoms with Crippen LogP contribution < -0.4 is 10.1 Å². The average molecular weight is 668 g/mol. The predicted molar refractivity (Wildman–Crippen MR) is 165 cm³/mol. The number of furan rings is 1. The maximum atomic E-state index is 13.3. The van der Waals surface area contributed by atoms with E-state index >= 15 is 0 Å². The second-order valence-corrected chi connectivity index (χ2v) is 13.3. The molecule has 3 aromatic rings. The zero-order valence-electron chi connectivity index (χ0n) is 26.5. The molecule has 0 aliphatic carbocycles. The first kappa shape index (κ1) is 36.6. The molecule has 1 fully saturated rings. The summed E-state index contributed by atoms with van der Waals surface area (Å²) >= 11 is 0. The van der Waals surface area contributed by atoms with E-state index in [1.54, 1.807) is 39.2 Å². The molecule has 1 atom stereocenters. The minimum Gasteiger partial charge on any atom is -0.497 e. The smallest absolute Gasteiger partial charge is 0.490 e. The molecule has 4 rings (SSSR count). The number of hydrogen-bond donors (Lipinski definition) is 2. The molecule has 1 aliphatic heterocycles. The molecule has 1 amide bonds. The molecular weight excluding hydrogens is 627 g/mol. The van der Waals surface area contributed by atoms with E-state index in [0.717, 1.165) is 18.7 Å². The lowest BCUT2D eigenvalue weighted by Crippen LogP contribution is -2.36. The number of hydrogen-bond acceptors (Lipinski definition) is 7. The van der Waals surface area contributed by atoms with E-state index in [9.17, 15) is 26.4 Å². The van der Waals surface area contributed by atoms with Gasteiger partial charge in [0.2, 0.25) is 10.0 Å². The molecule has 2 aromatic carbocycles. The van der Waals surface area contributed by atoms with E-state index in [2.05, 4.69) is 29.3 Å².